The highest BCUT2D eigenvalue weighted by Crippen LogP contribution is 2.46. The van der Waals surface area contributed by atoms with E-state index in [0.29, 0.717) is 11.9 Å². The van der Waals surface area contributed by atoms with Crippen molar-refractivity contribution in [1.29, 1.82) is 0 Å². The lowest BCUT2D eigenvalue weighted by Gasteiger charge is -2.28. The van der Waals surface area contributed by atoms with Crippen LogP contribution in [-0.2, 0) is 0 Å². The van der Waals surface area contributed by atoms with Crippen LogP contribution in [0.3, 0.4) is 0 Å². The third-order valence-electron chi connectivity index (χ3n) is 6.70. The van der Waals surface area contributed by atoms with Gasteiger partial charge in [-0.15, -0.1) is 0 Å². The molecule has 1 saturated carbocycles. The molecule has 0 amide bonds. The molecule has 1 fully saturated rings. The number of hydrogen-bond donors (Lipinski definition) is 3. The predicted molar refractivity (Wildman–Crippen MR) is 125 cm³/mol. The summed E-state index contributed by atoms with van der Waals surface area (Å²) in [7, 11) is 0. The first-order valence-corrected chi connectivity index (χ1v) is 11.0. The standard InChI is InChI=1S/C24H24ClFN4O3/c1-12-3-5-28-23-14(12)4-6-30(23)19-10-24(2,21(32)20(19)31)11-33-13-7-17(26)15-9-16(25)22(27)29-18(15)8-13/h3-9,19-21,31-32H,10-11H2,1-2H3,(H2,27,29)/t19-,20+,21+,24-/m1/s1. The molecule has 0 radical (unpaired) electrons. The van der Waals surface area contributed by atoms with Crippen molar-refractivity contribution in [2.75, 3.05) is 12.3 Å². The molecule has 3 aromatic heterocycles. The molecule has 3 heterocycles. The van der Waals surface area contributed by atoms with Gasteiger partial charge in [0.1, 0.15) is 29.1 Å². The maximum absolute atomic E-state index is 14.6. The summed E-state index contributed by atoms with van der Waals surface area (Å²) in [5.74, 6) is -0.177. The number of ether oxygens (including phenoxy) is 1. The molecule has 4 atom stereocenters. The Bertz CT molecular complexity index is 1380. The van der Waals surface area contributed by atoms with Crippen molar-refractivity contribution in [1.82, 2.24) is 14.5 Å². The minimum Gasteiger partial charge on any atom is -0.493 e. The minimum atomic E-state index is -1.04. The van der Waals surface area contributed by atoms with Crippen LogP contribution in [0.5, 0.6) is 5.75 Å². The number of benzene rings is 1. The maximum Gasteiger partial charge on any atom is 0.142 e. The van der Waals surface area contributed by atoms with Crippen molar-refractivity contribution in [3.8, 4) is 5.75 Å². The zero-order valence-corrected chi connectivity index (χ0v) is 18.9. The highest BCUT2D eigenvalue weighted by atomic mass is 35.5. The van der Waals surface area contributed by atoms with Crippen molar-refractivity contribution in [2.24, 2.45) is 5.41 Å². The number of hydrogen-bond acceptors (Lipinski definition) is 6. The third-order valence-corrected chi connectivity index (χ3v) is 7.01. The van der Waals surface area contributed by atoms with Gasteiger partial charge in [0.05, 0.1) is 29.3 Å². The summed E-state index contributed by atoms with van der Waals surface area (Å²) in [6, 6.07) is 7.78. The number of aromatic nitrogens is 3. The van der Waals surface area contributed by atoms with Crippen molar-refractivity contribution in [3.63, 3.8) is 0 Å². The Hall–Kier alpha value is -2.94. The topological polar surface area (TPSA) is 106 Å². The summed E-state index contributed by atoms with van der Waals surface area (Å²) in [5.41, 5.74) is 7.15. The van der Waals surface area contributed by atoms with E-state index >= 15 is 0 Å². The molecule has 4 N–H and O–H groups in total. The van der Waals surface area contributed by atoms with E-state index in [0.717, 1.165) is 16.6 Å². The van der Waals surface area contributed by atoms with E-state index < -0.39 is 23.4 Å². The van der Waals surface area contributed by atoms with Crippen molar-refractivity contribution >= 4 is 39.4 Å². The second-order valence-corrected chi connectivity index (χ2v) is 9.47. The van der Waals surface area contributed by atoms with Gasteiger partial charge in [-0.3, -0.25) is 0 Å². The van der Waals surface area contributed by atoms with E-state index in [2.05, 4.69) is 9.97 Å². The highest BCUT2D eigenvalue weighted by Gasteiger charge is 2.51. The van der Waals surface area contributed by atoms with Crippen LogP contribution in [0.4, 0.5) is 10.2 Å². The number of aryl methyl sites for hydroxylation is 1. The molecule has 172 valence electrons. The minimum absolute atomic E-state index is 0.0708. The molecule has 0 bridgehead atoms. The lowest BCUT2D eigenvalue weighted by molar-refractivity contribution is -0.0364. The Labute approximate surface area is 194 Å². The fraction of sp³-hybridized carbons (Fsp3) is 0.333. The first-order valence-electron chi connectivity index (χ1n) is 10.6. The van der Waals surface area contributed by atoms with Crippen LogP contribution in [0, 0.1) is 18.2 Å². The molecule has 0 spiro atoms. The summed E-state index contributed by atoms with van der Waals surface area (Å²) in [5, 5.41) is 23.2. The molecule has 7 nitrogen and oxygen atoms in total. The van der Waals surface area contributed by atoms with Crippen LogP contribution in [0.25, 0.3) is 21.9 Å². The van der Waals surface area contributed by atoms with Gasteiger partial charge in [0.15, 0.2) is 0 Å². The number of anilines is 1. The van der Waals surface area contributed by atoms with Gasteiger partial charge in [0.25, 0.3) is 0 Å². The summed E-state index contributed by atoms with van der Waals surface area (Å²) in [6.45, 7) is 3.92. The molecule has 5 rings (SSSR count). The fourth-order valence-electron chi connectivity index (χ4n) is 4.74. The average molecular weight is 471 g/mol. The second-order valence-electron chi connectivity index (χ2n) is 9.06. The van der Waals surface area contributed by atoms with Crippen LogP contribution < -0.4 is 10.5 Å². The van der Waals surface area contributed by atoms with Crippen molar-refractivity contribution in [2.45, 2.75) is 38.5 Å². The van der Waals surface area contributed by atoms with E-state index in [1.165, 1.54) is 12.1 Å². The molecule has 1 aliphatic rings. The van der Waals surface area contributed by atoms with E-state index in [9.17, 15) is 14.6 Å². The van der Waals surface area contributed by atoms with Gasteiger partial charge < -0.3 is 25.3 Å². The molecule has 1 aliphatic carbocycles. The van der Waals surface area contributed by atoms with Crippen LogP contribution in [-0.4, -0.2) is 43.6 Å². The first kappa shape index (κ1) is 21.9. The number of pyridine rings is 2. The first-order chi connectivity index (χ1) is 15.7. The molecule has 0 unspecified atom stereocenters. The number of aliphatic hydroxyl groups is 2. The molecule has 1 aromatic carbocycles. The number of aliphatic hydroxyl groups excluding tert-OH is 2. The van der Waals surface area contributed by atoms with Crippen LogP contribution in [0.2, 0.25) is 5.02 Å². The molecule has 9 heteroatoms. The molecule has 33 heavy (non-hydrogen) atoms. The SMILES string of the molecule is Cc1ccnc2c1ccn2[C@@H]1C[C@](C)(COc2cc(F)c3cc(Cl)c(N)nc3c2)[C@@H](O)[C@H]1O. The maximum atomic E-state index is 14.6. The fourth-order valence-corrected chi connectivity index (χ4v) is 4.89. The lowest BCUT2D eigenvalue weighted by Crippen LogP contribution is -2.38. The number of nitrogens with two attached hydrogens (primary N) is 1. The van der Waals surface area contributed by atoms with Crippen LogP contribution in [0.15, 0.2) is 42.7 Å². The highest BCUT2D eigenvalue weighted by molar-refractivity contribution is 6.33. The van der Waals surface area contributed by atoms with Crippen LogP contribution >= 0.6 is 11.6 Å². The van der Waals surface area contributed by atoms with Gasteiger partial charge in [0.2, 0.25) is 0 Å². The number of rotatable bonds is 4. The van der Waals surface area contributed by atoms with E-state index in [4.69, 9.17) is 22.1 Å². The Morgan fingerprint density at radius 1 is 1.27 bits per heavy atom. The predicted octanol–water partition coefficient (Wildman–Crippen LogP) is 4.02. The smallest absolute Gasteiger partial charge is 0.142 e. The van der Waals surface area contributed by atoms with Gasteiger partial charge in [-0.1, -0.05) is 18.5 Å². The van der Waals surface area contributed by atoms with Gasteiger partial charge in [-0.2, -0.15) is 0 Å². The monoisotopic (exact) mass is 470 g/mol. The van der Waals surface area contributed by atoms with E-state index in [1.54, 1.807) is 12.3 Å². The molecule has 4 aromatic rings. The number of nitrogens with zero attached hydrogens (tertiary/aromatic N) is 3. The third kappa shape index (κ3) is 3.58. The average Bonchev–Trinajstić information content (AvgIpc) is 3.30. The zero-order valence-electron chi connectivity index (χ0n) is 18.2. The normalized spacial score (nSPS) is 25.2. The molecule has 0 saturated heterocycles. The van der Waals surface area contributed by atoms with Gasteiger partial charge in [-0.05, 0) is 37.1 Å². The number of nitrogen functional groups attached to an aromatic ring is 1. The molecular weight excluding hydrogens is 447 g/mol. The van der Waals surface area contributed by atoms with Crippen molar-refractivity contribution < 1.29 is 19.3 Å². The largest absolute Gasteiger partial charge is 0.493 e. The van der Waals surface area contributed by atoms with Gasteiger partial charge >= 0.3 is 0 Å². The molecular formula is C24H24ClFN4O3. The summed E-state index contributed by atoms with van der Waals surface area (Å²) >= 11 is 5.95. The van der Waals surface area contributed by atoms with Gasteiger partial charge in [0, 0.05) is 40.7 Å². The van der Waals surface area contributed by atoms with E-state index in [1.807, 2.05) is 36.7 Å². The molecule has 0 aliphatic heterocycles. The van der Waals surface area contributed by atoms with Crippen molar-refractivity contribution in [3.05, 3.63) is 59.1 Å². The van der Waals surface area contributed by atoms with E-state index in [-0.39, 0.29) is 34.6 Å². The Balaban J connectivity index is 1.40. The summed E-state index contributed by atoms with van der Waals surface area (Å²) < 4.78 is 22.4. The Morgan fingerprint density at radius 3 is 2.85 bits per heavy atom. The quantitative estimate of drug-likeness (QED) is 0.416. The second kappa shape index (κ2) is 7.83. The van der Waals surface area contributed by atoms with Gasteiger partial charge in [-0.25, -0.2) is 14.4 Å². The van der Waals surface area contributed by atoms with Crippen LogP contribution in [0.1, 0.15) is 24.9 Å². The summed E-state index contributed by atoms with van der Waals surface area (Å²) in [4.78, 5) is 8.60. The Kier molecular flexibility index (Phi) is 5.19. The summed E-state index contributed by atoms with van der Waals surface area (Å²) in [6.07, 6.45) is 2.02. The number of halogens is 2. The number of fused-ring (bicyclic) bond motifs is 2. The lowest BCUT2D eigenvalue weighted by atomic mass is 9.87. The Morgan fingerprint density at radius 2 is 2.06 bits per heavy atom. The zero-order chi connectivity index (χ0) is 23.5.